The Hall–Kier alpha value is -1.70. The van der Waals surface area contributed by atoms with Crippen LogP contribution in [0.2, 0.25) is 0 Å². The van der Waals surface area contributed by atoms with Crippen LogP contribution in [0, 0.1) is 5.92 Å². The number of rotatable bonds is 7. The monoisotopic (exact) mass is 397 g/mol. The predicted molar refractivity (Wildman–Crippen MR) is 106 cm³/mol. The summed E-state index contributed by atoms with van der Waals surface area (Å²) in [4.78, 5) is 39.2. The summed E-state index contributed by atoms with van der Waals surface area (Å²) in [6, 6.07) is -1.34. The highest BCUT2D eigenvalue weighted by Gasteiger charge is 2.38. The zero-order chi connectivity index (χ0) is 20.2. The second-order valence-electron chi connectivity index (χ2n) is 8.20. The van der Waals surface area contributed by atoms with E-state index in [1.165, 1.54) is 16.8 Å². The van der Waals surface area contributed by atoms with Gasteiger partial charge >= 0.3 is 6.09 Å². The van der Waals surface area contributed by atoms with Gasteiger partial charge < -0.3 is 10.1 Å². The maximum absolute atomic E-state index is 12.8. The molecular weight excluding hydrogens is 366 g/mol. The molecule has 2 N–H and O–H groups in total. The average molecular weight is 398 g/mol. The van der Waals surface area contributed by atoms with Gasteiger partial charge in [-0.1, -0.05) is 13.0 Å². The number of nitrogens with one attached hydrogen (secondary N) is 2. The zero-order valence-corrected chi connectivity index (χ0v) is 17.4. The minimum absolute atomic E-state index is 0.231. The van der Waals surface area contributed by atoms with Crippen molar-refractivity contribution < 1.29 is 19.1 Å². The van der Waals surface area contributed by atoms with Gasteiger partial charge in [-0.25, -0.2) is 4.79 Å². The van der Waals surface area contributed by atoms with Crippen molar-refractivity contribution in [2.45, 2.75) is 76.3 Å². The van der Waals surface area contributed by atoms with Gasteiger partial charge in [0.2, 0.25) is 5.91 Å². The summed E-state index contributed by atoms with van der Waals surface area (Å²) in [6.45, 7) is 11.4. The molecule has 27 heavy (non-hydrogen) atoms. The fourth-order valence-corrected chi connectivity index (χ4v) is 3.57. The van der Waals surface area contributed by atoms with E-state index in [9.17, 15) is 14.4 Å². The fourth-order valence-electron chi connectivity index (χ4n) is 2.79. The molecule has 0 radical (unpaired) electrons. The molecule has 1 aliphatic heterocycles. The van der Waals surface area contributed by atoms with E-state index in [1.54, 1.807) is 26.8 Å². The SMILES string of the molecule is C=CC(C)C(NC(=O)C1CCCN1C(=O)OC(C)(C)C)C(=O)NSC1CC1. The average Bonchev–Trinajstić information content (AvgIpc) is 3.28. The molecule has 3 atom stereocenters. The molecule has 1 heterocycles. The van der Waals surface area contributed by atoms with Crippen LogP contribution in [-0.4, -0.2) is 52.3 Å². The van der Waals surface area contributed by atoms with Crippen molar-refractivity contribution in [3.63, 3.8) is 0 Å². The van der Waals surface area contributed by atoms with Crippen LogP contribution in [-0.2, 0) is 14.3 Å². The second-order valence-corrected chi connectivity index (χ2v) is 9.30. The molecule has 3 unspecified atom stereocenters. The second kappa shape index (κ2) is 8.99. The maximum Gasteiger partial charge on any atom is 0.410 e. The predicted octanol–water partition coefficient (Wildman–Crippen LogP) is 2.62. The van der Waals surface area contributed by atoms with Crippen molar-refractivity contribution in [2.24, 2.45) is 5.92 Å². The van der Waals surface area contributed by atoms with Crippen LogP contribution < -0.4 is 10.0 Å². The Morgan fingerprint density at radius 1 is 1.26 bits per heavy atom. The van der Waals surface area contributed by atoms with Crippen LogP contribution in [0.1, 0.15) is 53.4 Å². The molecule has 2 fully saturated rings. The van der Waals surface area contributed by atoms with E-state index in [2.05, 4.69) is 16.6 Å². The number of nitrogens with zero attached hydrogens (tertiary/aromatic N) is 1. The van der Waals surface area contributed by atoms with E-state index in [1.807, 2.05) is 6.92 Å². The summed E-state index contributed by atoms with van der Waals surface area (Å²) in [5, 5.41) is 3.29. The third-order valence-electron chi connectivity index (χ3n) is 4.51. The highest BCUT2D eigenvalue weighted by molar-refractivity contribution is 7.98. The van der Waals surface area contributed by atoms with Gasteiger partial charge in [-0.05, 0) is 58.4 Å². The molecule has 8 heteroatoms. The van der Waals surface area contributed by atoms with Crippen molar-refractivity contribution >= 4 is 29.9 Å². The Balaban J connectivity index is 2.00. The van der Waals surface area contributed by atoms with Gasteiger partial charge in [-0.2, -0.15) is 0 Å². The molecule has 0 aromatic heterocycles. The molecule has 0 aromatic carbocycles. The molecule has 1 aliphatic carbocycles. The standard InChI is InChI=1S/C19H31N3O4S/c1-6-12(2)15(17(24)21-27-13-9-10-13)20-16(23)14-8-7-11-22(14)18(25)26-19(3,4)5/h6,12-15H,1,7-11H2,2-5H3,(H,20,23)(H,21,24). The smallest absolute Gasteiger partial charge is 0.410 e. The lowest BCUT2D eigenvalue weighted by molar-refractivity contribution is -0.131. The third kappa shape index (κ3) is 6.45. The number of carbonyl (C=O) groups excluding carboxylic acids is 3. The van der Waals surface area contributed by atoms with Crippen molar-refractivity contribution in [3.8, 4) is 0 Å². The third-order valence-corrected chi connectivity index (χ3v) is 5.64. The Morgan fingerprint density at radius 2 is 1.93 bits per heavy atom. The van der Waals surface area contributed by atoms with Crippen LogP contribution in [0.3, 0.4) is 0 Å². The van der Waals surface area contributed by atoms with Gasteiger partial charge in [0, 0.05) is 17.7 Å². The number of carbonyl (C=O) groups is 3. The molecule has 152 valence electrons. The molecule has 2 aliphatic rings. The van der Waals surface area contributed by atoms with Crippen LogP contribution >= 0.6 is 11.9 Å². The largest absolute Gasteiger partial charge is 0.444 e. The highest BCUT2D eigenvalue weighted by Crippen LogP contribution is 2.32. The van der Waals surface area contributed by atoms with Gasteiger partial charge in [-0.15, -0.1) is 6.58 Å². The van der Waals surface area contributed by atoms with Crippen molar-refractivity contribution in [3.05, 3.63) is 12.7 Å². The first-order chi connectivity index (χ1) is 12.6. The minimum Gasteiger partial charge on any atom is -0.444 e. The Bertz CT molecular complexity index is 586. The van der Waals surface area contributed by atoms with Crippen molar-refractivity contribution in [2.75, 3.05) is 6.54 Å². The van der Waals surface area contributed by atoms with Crippen LogP contribution in [0.4, 0.5) is 4.79 Å². The molecule has 0 bridgehead atoms. The highest BCUT2D eigenvalue weighted by atomic mass is 32.2. The summed E-state index contributed by atoms with van der Waals surface area (Å²) < 4.78 is 8.23. The summed E-state index contributed by atoms with van der Waals surface area (Å²) >= 11 is 1.41. The topological polar surface area (TPSA) is 87.7 Å². The quantitative estimate of drug-likeness (QED) is 0.509. The summed E-state index contributed by atoms with van der Waals surface area (Å²) in [7, 11) is 0. The molecule has 1 saturated heterocycles. The first kappa shape index (κ1) is 21.6. The molecule has 2 rings (SSSR count). The number of hydrogen-bond acceptors (Lipinski definition) is 5. The van der Waals surface area contributed by atoms with Gasteiger partial charge in [0.05, 0.1) is 0 Å². The maximum atomic E-state index is 12.8. The normalized spacial score (nSPS) is 21.9. The Kier molecular flexibility index (Phi) is 7.19. The first-order valence-electron chi connectivity index (χ1n) is 9.50. The number of amides is 3. The summed E-state index contributed by atoms with van der Waals surface area (Å²) in [6.07, 6.45) is 4.63. The van der Waals surface area contributed by atoms with E-state index < -0.39 is 23.8 Å². The van der Waals surface area contributed by atoms with E-state index >= 15 is 0 Å². The first-order valence-corrected chi connectivity index (χ1v) is 10.4. The van der Waals surface area contributed by atoms with Crippen LogP contribution in [0.15, 0.2) is 12.7 Å². The number of ether oxygens (including phenoxy) is 1. The fraction of sp³-hybridized carbons (Fsp3) is 0.737. The lowest BCUT2D eigenvalue weighted by Crippen LogP contribution is -2.54. The van der Waals surface area contributed by atoms with Gasteiger partial charge in [-0.3, -0.25) is 19.2 Å². The van der Waals surface area contributed by atoms with E-state index in [-0.39, 0.29) is 17.7 Å². The van der Waals surface area contributed by atoms with Crippen molar-refractivity contribution in [1.82, 2.24) is 14.9 Å². The van der Waals surface area contributed by atoms with Crippen molar-refractivity contribution in [1.29, 1.82) is 0 Å². The van der Waals surface area contributed by atoms with Gasteiger partial charge in [0.1, 0.15) is 17.7 Å². The summed E-state index contributed by atoms with van der Waals surface area (Å²) in [5.41, 5.74) is -0.624. The molecule has 0 aromatic rings. The number of hydrogen-bond donors (Lipinski definition) is 2. The molecule has 7 nitrogen and oxygen atoms in total. The van der Waals surface area contributed by atoms with E-state index in [4.69, 9.17) is 4.74 Å². The molecule has 0 spiro atoms. The van der Waals surface area contributed by atoms with Gasteiger partial charge in [0.15, 0.2) is 0 Å². The minimum atomic E-state index is -0.720. The van der Waals surface area contributed by atoms with Crippen LogP contribution in [0.5, 0.6) is 0 Å². The zero-order valence-electron chi connectivity index (χ0n) is 16.6. The number of likely N-dealkylation sites (tertiary alicyclic amines) is 1. The van der Waals surface area contributed by atoms with Gasteiger partial charge in [0.25, 0.3) is 5.91 Å². The molecular formula is C19H31N3O4S. The lowest BCUT2D eigenvalue weighted by Gasteiger charge is -2.29. The van der Waals surface area contributed by atoms with Crippen LogP contribution in [0.25, 0.3) is 0 Å². The van der Waals surface area contributed by atoms with E-state index in [0.29, 0.717) is 18.2 Å². The van der Waals surface area contributed by atoms with E-state index in [0.717, 1.165) is 19.3 Å². The molecule has 3 amide bonds. The Labute approximate surface area is 165 Å². The lowest BCUT2D eigenvalue weighted by atomic mass is 10.0. The Morgan fingerprint density at radius 3 is 2.48 bits per heavy atom. The molecule has 1 saturated carbocycles. The summed E-state index contributed by atoms with van der Waals surface area (Å²) in [5.74, 6) is -0.803.